The molecule has 130 valence electrons. The lowest BCUT2D eigenvalue weighted by molar-refractivity contribution is 0.0991. The molecule has 5 nitrogen and oxygen atoms in total. The van der Waals surface area contributed by atoms with Gasteiger partial charge in [-0.15, -0.1) is 0 Å². The summed E-state index contributed by atoms with van der Waals surface area (Å²) < 4.78 is 0. The van der Waals surface area contributed by atoms with Crippen LogP contribution in [-0.4, -0.2) is 25.9 Å². The predicted molar refractivity (Wildman–Crippen MR) is 103 cm³/mol. The van der Waals surface area contributed by atoms with Gasteiger partial charge in [0.15, 0.2) is 10.9 Å². The van der Waals surface area contributed by atoms with Crippen LogP contribution in [0.4, 0.5) is 0 Å². The molecule has 4 rings (SSSR count). The summed E-state index contributed by atoms with van der Waals surface area (Å²) in [7, 11) is 0. The largest absolute Gasteiger partial charge is 0.360 e. The lowest BCUT2D eigenvalue weighted by atomic mass is 10.0. The highest BCUT2D eigenvalue weighted by Gasteiger charge is 2.26. The Labute approximate surface area is 155 Å². The number of hydrogen-bond donors (Lipinski definition) is 2. The zero-order valence-corrected chi connectivity index (χ0v) is 15.1. The molecule has 0 spiro atoms. The van der Waals surface area contributed by atoms with Crippen molar-refractivity contribution in [1.82, 2.24) is 20.2 Å². The molecular weight excluding hydrogens is 344 g/mol. The highest BCUT2D eigenvalue weighted by molar-refractivity contribution is 8.00. The Balaban J connectivity index is 1.77. The molecule has 0 fully saturated rings. The van der Waals surface area contributed by atoms with Crippen molar-refractivity contribution in [2.75, 3.05) is 0 Å². The van der Waals surface area contributed by atoms with Crippen LogP contribution in [0.3, 0.4) is 0 Å². The van der Waals surface area contributed by atoms with Crippen molar-refractivity contribution in [3.05, 3.63) is 77.7 Å². The first-order chi connectivity index (χ1) is 12.8. The molecule has 0 amide bonds. The molecule has 0 saturated heterocycles. The van der Waals surface area contributed by atoms with Crippen LogP contribution >= 0.6 is 11.8 Å². The number of carbonyl (C=O) groups is 1. The Hall–Kier alpha value is -2.86. The number of fused-ring (bicyclic) bond motifs is 1. The van der Waals surface area contributed by atoms with Gasteiger partial charge < -0.3 is 4.98 Å². The number of aromatic amines is 2. The standard InChI is InChI=1S/C20H18N4OS/c1-2-13-9-6-10-15-16(11-21-17(13)15)18(25)19(14-7-4-3-5-8-14)26-20-22-12-23-24-20/h3-12,19,21H,2H2,1H3,(H,22,23,24)/t19-/m0/s1. The Morgan fingerprint density at radius 2 is 2.00 bits per heavy atom. The summed E-state index contributed by atoms with van der Waals surface area (Å²) in [6.45, 7) is 2.11. The summed E-state index contributed by atoms with van der Waals surface area (Å²) in [4.78, 5) is 20.9. The molecule has 0 bridgehead atoms. The van der Waals surface area contributed by atoms with Crippen LogP contribution in [-0.2, 0) is 6.42 Å². The van der Waals surface area contributed by atoms with Crippen molar-refractivity contribution in [3.63, 3.8) is 0 Å². The number of hydrogen-bond acceptors (Lipinski definition) is 4. The van der Waals surface area contributed by atoms with Crippen molar-refractivity contribution in [2.24, 2.45) is 0 Å². The molecule has 0 aliphatic heterocycles. The smallest absolute Gasteiger partial charge is 0.184 e. The molecule has 0 aliphatic carbocycles. The van der Waals surface area contributed by atoms with Gasteiger partial charge in [-0.05, 0) is 17.5 Å². The normalized spacial score (nSPS) is 12.3. The van der Waals surface area contributed by atoms with Gasteiger partial charge in [0.25, 0.3) is 0 Å². The molecule has 2 aromatic carbocycles. The molecule has 26 heavy (non-hydrogen) atoms. The van der Waals surface area contributed by atoms with Crippen molar-refractivity contribution in [1.29, 1.82) is 0 Å². The number of rotatable bonds is 6. The number of Topliss-reactive ketones (excluding diaryl/α,β-unsaturated/α-hetero) is 1. The maximum absolute atomic E-state index is 13.4. The fourth-order valence-electron chi connectivity index (χ4n) is 3.12. The SMILES string of the molecule is CCc1cccc2c(C(=O)[C@@H](Sc3ncn[nH]3)c3ccccc3)c[nH]c12. The molecule has 2 aromatic heterocycles. The maximum Gasteiger partial charge on any atom is 0.184 e. The molecule has 6 heteroatoms. The zero-order chi connectivity index (χ0) is 17.9. The van der Waals surface area contributed by atoms with Crippen LogP contribution in [0.1, 0.15) is 33.7 Å². The van der Waals surface area contributed by atoms with E-state index in [9.17, 15) is 4.79 Å². The molecule has 0 aliphatic rings. The number of para-hydroxylation sites is 1. The Morgan fingerprint density at radius 1 is 1.15 bits per heavy atom. The van der Waals surface area contributed by atoms with Crippen molar-refractivity contribution >= 4 is 28.4 Å². The van der Waals surface area contributed by atoms with Gasteiger partial charge in [0, 0.05) is 22.7 Å². The summed E-state index contributed by atoms with van der Waals surface area (Å²) in [5.41, 5.74) is 3.89. The summed E-state index contributed by atoms with van der Waals surface area (Å²) in [6, 6.07) is 15.9. The number of ketones is 1. The number of nitrogens with one attached hydrogen (secondary N) is 2. The van der Waals surface area contributed by atoms with Crippen LogP contribution in [0, 0.1) is 0 Å². The lowest BCUT2D eigenvalue weighted by Gasteiger charge is -2.14. The third-order valence-electron chi connectivity index (χ3n) is 4.41. The number of thioether (sulfide) groups is 1. The number of H-pyrrole nitrogens is 2. The second-order valence-electron chi connectivity index (χ2n) is 5.96. The monoisotopic (exact) mass is 362 g/mol. The Morgan fingerprint density at radius 3 is 2.73 bits per heavy atom. The van der Waals surface area contributed by atoms with Gasteiger partial charge in [0.1, 0.15) is 11.6 Å². The van der Waals surface area contributed by atoms with Gasteiger partial charge in [-0.25, -0.2) is 4.98 Å². The second-order valence-corrected chi connectivity index (χ2v) is 7.05. The summed E-state index contributed by atoms with van der Waals surface area (Å²) in [5.74, 6) is 0.0529. The van der Waals surface area contributed by atoms with E-state index in [-0.39, 0.29) is 5.78 Å². The minimum absolute atomic E-state index is 0.0529. The van der Waals surface area contributed by atoms with Gasteiger partial charge in [-0.1, -0.05) is 67.2 Å². The number of aromatic nitrogens is 4. The number of aryl methyl sites for hydroxylation is 1. The maximum atomic E-state index is 13.4. The summed E-state index contributed by atoms with van der Waals surface area (Å²) in [5, 5.41) is 7.92. The molecule has 1 atom stereocenters. The molecule has 4 aromatic rings. The van der Waals surface area contributed by atoms with Crippen LogP contribution < -0.4 is 0 Å². The predicted octanol–water partition coefficient (Wildman–Crippen LogP) is 4.56. The molecular formula is C20H18N4OS. The van der Waals surface area contributed by atoms with Crippen molar-refractivity contribution in [3.8, 4) is 0 Å². The molecule has 2 N–H and O–H groups in total. The van der Waals surface area contributed by atoms with E-state index in [1.165, 1.54) is 23.7 Å². The van der Waals surface area contributed by atoms with E-state index < -0.39 is 5.25 Å². The summed E-state index contributed by atoms with van der Waals surface area (Å²) >= 11 is 1.38. The lowest BCUT2D eigenvalue weighted by Crippen LogP contribution is -2.10. The fraction of sp³-hybridized carbons (Fsp3) is 0.150. The highest BCUT2D eigenvalue weighted by Crippen LogP contribution is 2.37. The van der Waals surface area contributed by atoms with E-state index in [1.54, 1.807) is 0 Å². The van der Waals surface area contributed by atoms with Gasteiger partial charge in [-0.3, -0.25) is 9.89 Å². The minimum Gasteiger partial charge on any atom is -0.360 e. The van der Waals surface area contributed by atoms with Gasteiger partial charge in [0.2, 0.25) is 0 Å². The first-order valence-electron chi connectivity index (χ1n) is 8.48. The molecule has 2 heterocycles. The first-order valence-corrected chi connectivity index (χ1v) is 9.36. The first kappa shape index (κ1) is 16.6. The molecule has 0 saturated carbocycles. The number of carbonyl (C=O) groups excluding carboxylic acids is 1. The third kappa shape index (κ3) is 3.04. The van der Waals surface area contributed by atoms with Crippen LogP contribution in [0.15, 0.2) is 66.2 Å². The van der Waals surface area contributed by atoms with Gasteiger partial charge >= 0.3 is 0 Å². The average molecular weight is 362 g/mol. The van der Waals surface area contributed by atoms with E-state index in [4.69, 9.17) is 0 Å². The molecule has 0 unspecified atom stereocenters. The number of benzene rings is 2. The van der Waals surface area contributed by atoms with Crippen molar-refractivity contribution in [2.45, 2.75) is 23.8 Å². The van der Waals surface area contributed by atoms with E-state index in [1.807, 2.05) is 48.7 Å². The second kappa shape index (κ2) is 7.17. The Bertz CT molecular complexity index is 1020. The van der Waals surface area contributed by atoms with Gasteiger partial charge in [-0.2, -0.15) is 5.10 Å². The minimum atomic E-state index is -0.395. The van der Waals surface area contributed by atoms with Crippen LogP contribution in [0.2, 0.25) is 0 Å². The number of nitrogens with zero attached hydrogens (tertiary/aromatic N) is 2. The van der Waals surface area contributed by atoms with E-state index >= 15 is 0 Å². The zero-order valence-electron chi connectivity index (χ0n) is 14.3. The fourth-order valence-corrected chi connectivity index (χ4v) is 4.08. The van der Waals surface area contributed by atoms with Gasteiger partial charge in [0.05, 0.1) is 0 Å². The van der Waals surface area contributed by atoms with Crippen LogP contribution in [0.5, 0.6) is 0 Å². The quantitative estimate of drug-likeness (QED) is 0.389. The van der Waals surface area contributed by atoms with E-state index in [0.29, 0.717) is 10.7 Å². The van der Waals surface area contributed by atoms with Crippen molar-refractivity contribution < 1.29 is 4.79 Å². The summed E-state index contributed by atoms with van der Waals surface area (Å²) in [6.07, 6.45) is 4.19. The Kier molecular flexibility index (Phi) is 4.58. The van der Waals surface area contributed by atoms with E-state index in [0.717, 1.165) is 22.9 Å². The topological polar surface area (TPSA) is 74.4 Å². The average Bonchev–Trinajstić information content (AvgIpc) is 3.35. The third-order valence-corrected chi connectivity index (χ3v) is 5.55. The highest BCUT2D eigenvalue weighted by atomic mass is 32.2. The van der Waals surface area contributed by atoms with Crippen LogP contribution in [0.25, 0.3) is 10.9 Å². The van der Waals surface area contributed by atoms with E-state index in [2.05, 4.69) is 33.2 Å². The molecule has 0 radical (unpaired) electrons.